The topological polar surface area (TPSA) is 129 Å². The van der Waals surface area contributed by atoms with E-state index in [0.717, 1.165) is 25.9 Å². The molecule has 9 nitrogen and oxygen atoms in total. The minimum atomic E-state index is -1.26. The van der Waals surface area contributed by atoms with Crippen LogP contribution in [0.15, 0.2) is 36.4 Å². The van der Waals surface area contributed by atoms with Crippen LogP contribution in [0.3, 0.4) is 0 Å². The number of hydrogen-bond acceptors (Lipinski definition) is 5. The monoisotopic (exact) mass is 524 g/mol. The average Bonchev–Trinajstić information content (AvgIpc) is 3.18. The Morgan fingerprint density at radius 3 is 2.39 bits per heavy atom. The third kappa shape index (κ3) is 5.68. The van der Waals surface area contributed by atoms with Crippen LogP contribution in [0.5, 0.6) is 0 Å². The van der Waals surface area contributed by atoms with Crippen molar-refractivity contribution in [1.82, 2.24) is 9.47 Å². The fourth-order valence-corrected chi connectivity index (χ4v) is 6.02. The van der Waals surface area contributed by atoms with E-state index in [9.17, 15) is 19.5 Å². The molecule has 5 rings (SSSR count). The molecule has 38 heavy (non-hydrogen) atoms. The summed E-state index contributed by atoms with van der Waals surface area (Å²) in [7, 11) is 2.07. The maximum atomic E-state index is 11.7. The number of benzene rings is 1. The molecule has 1 fully saturated rings. The molecule has 2 aliphatic heterocycles. The third-order valence-corrected chi connectivity index (χ3v) is 7.60. The van der Waals surface area contributed by atoms with E-state index in [1.807, 2.05) is 6.08 Å². The van der Waals surface area contributed by atoms with Gasteiger partial charge in [-0.3, -0.25) is 9.69 Å². The Bertz CT molecular complexity index is 1270. The number of carbonyl (C=O) groups is 3. The number of ether oxygens (including phenoxy) is 1. The van der Waals surface area contributed by atoms with E-state index in [1.165, 1.54) is 46.1 Å². The van der Waals surface area contributed by atoms with Crippen LogP contribution in [-0.4, -0.2) is 75.0 Å². The summed E-state index contributed by atoms with van der Waals surface area (Å²) in [5.41, 5.74) is 6.57. The van der Waals surface area contributed by atoms with E-state index >= 15 is 0 Å². The average molecular weight is 525 g/mol. The number of carboxylic acids is 3. The molecule has 1 unspecified atom stereocenters. The smallest absolute Gasteiger partial charge is 0.328 e. The van der Waals surface area contributed by atoms with Gasteiger partial charge in [-0.25, -0.2) is 9.59 Å². The molecular formula is C29H36N2O7. The molecule has 2 aromatic rings. The van der Waals surface area contributed by atoms with E-state index in [1.54, 1.807) is 0 Å². The van der Waals surface area contributed by atoms with Crippen molar-refractivity contribution < 1.29 is 34.4 Å². The molecule has 3 N–H and O–H groups in total. The molecular weight excluding hydrogens is 488 g/mol. The van der Waals surface area contributed by atoms with Crippen molar-refractivity contribution in [2.24, 2.45) is 5.92 Å². The molecule has 0 radical (unpaired) electrons. The lowest BCUT2D eigenvalue weighted by Crippen LogP contribution is -2.44. The number of fused-ring (bicyclic) bond motifs is 2. The third-order valence-electron chi connectivity index (χ3n) is 7.60. The molecule has 3 atom stereocenters. The lowest BCUT2D eigenvalue weighted by Gasteiger charge is -2.39. The molecule has 0 saturated carbocycles. The highest BCUT2D eigenvalue weighted by atomic mass is 16.5. The second kappa shape index (κ2) is 11.5. The molecule has 0 spiro atoms. The summed E-state index contributed by atoms with van der Waals surface area (Å²) in [4.78, 5) is 33.1. The highest BCUT2D eigenvalue weighted by Crippen LogP contribution is 2.44. The first-order chi connectivity index (χ1) is 18.1. The van der Waals surface area contributed by atoms with Crippen molar-refractivity contribution in [3.63, 3.8) is 0 Å². The number of hydrogen-bond donors (Lipinski definition) is 3. The zero-order chi connectivity index (χ0) is 27.6. The molecule has 9 heteroatoms. The van der Waals surface area contributed by atoms with Crippen LogP contribution in [0.2, 0.25) is 0 Å². The minimum absolute atomic E-state index is 0.243. The Morgan fingerprint density at radius 2 is 1.82 bits per heavy atom. The molecule has 0 amide bonds. The summed E-state index contributed by atoms with van der Waals surface area (Å²) >= 11 is 0. The maximum Gasteiger partial charge on any atom is 0.328 e. The number of nitrogens with zero attached hydrogens (tertiary/aromatic N) is 2. The molecule has 3 heterocycles. The van der Waals surface area contributed by atoms with E-state index in [4.69, 9.17) is 14.9 Å². The second-order valence-electron chi connectivity index (χ2n) is 10.5. The van der Waals surface area contributed by atoms with E-state index in [-0.39, 0.29) is 6.04 Å². The van der Waals surface area contributed by atoms with Crippen LogP contribution >= 0.6 is 0 Å². The molecule has 1 saturated heterocycles. The molecule has 1 aromatic heterocycles. The minimum Gasteiger partial charge on any atom is -0.481 e. The molecule has 204 valence electrons. The zero-order valence-corrected chi connectivity index (χ0v) is 22.1. The number of carboxylic acid groups (broad SMARTS) is 3. The normalized spacial score (nSPS) is 23.1. The highest BCUT2D eigenvalue weighted by Gasteiger charge is 2.38. The van der Waals surface area contributed by atoms with Gasteiger partial charge in [0.05, 0.1) is 12.0 Å². The Kier molecular flexibility index (Phi) is 8.38. The number of aliphatic carboxylic acids is 3. The Hall–Kier alpha value is -3.43. The Morgan fingerprint density at radius 1 is 1.11 bits per heavy atom. The van der Waals surface area contributed by atoms with Crippen LogP contribution in [0.25, 0.3) is 16.5 Å². The molecule has 3 aliphatic rings. The van der Waals surface area contributed by atoms with Gasteiger partial charge in [-0.05, 0) is 69.3 Å². The van der Waals surface area contributed by atoms with Gasteiger partial charge in [0.15, 0.2) is 0 Å². The summed E-state index contributed by atoms with van der Waals surface area (Å²) in [5.74, 6) is -3.69. The van der Waals surface area contributed by atoms with Gasteiger partial charge in [0.25, 0.3) is 0 Å². The van der Waals surface area contributed by atoms with E-state index in [2.05, 4.69) is 48.6 Å². The van der Waals surface area contributed by atoms with Crippen molar-refractivity contribution in [1.29, 1.82) is 0 Å². The van der Waals surface area contributed by atoms with Crippen molar-refractivity contribution in [3.05, 3.63) is 53.2 Å². The number of aromatic nitrogens is 1. The van der Waals surface area contributed by atoms with Crippen molar-refractivity contribution in [2.75, 3.05) is 20.2 Å². The van der Waals surface area contributed by atoms with E-state index in [0.29, 0.717) is 30.8 Å². The van der Waals surface area contributed by atoms with Gasteiger partial charge in [-0.15, -0.1) is 0 Å². The highest BCUT2D eigenvalue weighted by molar-refractivity contribution is 6.00. The van der Waals surface area contributed by atoms with Crippen molar-refractivity contribution >= 4 is 34.4 Å². The summed E-state index contributed by atoms with van der Waals surface area (Å²) < 4.78 is 8.64. The van der Waals surface area contributed by atoms with Crippen LogP contribution in [0, 0.1) is 5.92 Å². The largest absolute Gasteiger partial charge is 0.481 e. The number of rotatable bonds is 6. The second-order valence-corrected chi connectivity index (χ2v) is 10.5. The number of likely N-dealkylation sites (N-methyl/N-ethyl adjacent to an activating group) is 1. The molecule has 0 bridgehead atoms. The van der Waals surface area contributed by atoms with E-state index < -0.39 is 23.8 Å². The summed E-state index contributed by atoms with van der Waals surface area (Å²) in [5, 5.41) is 26.6. The first kappa shape index (κ1) is 27.6. The molecule has 1 aliphatic carbocycles. The van der Waals surface area contributed by atoms with Gasteiger partial charge < -0.3 is 24.6 Å². The molecule has 1 aromatic carbocycles. The Balaban J connectivity index is 0.000000368. The van der Waals surface area contributed by atoms with Crippen molar-refractivity contribution in [2.45, 2.75) is 64.1 Å². The van der Waals surface area contributed by atoms with Crippen LogP contribution in [0.1, 0.15) is 56.0 Å². The van der Waals surface area contributed by atoms with Gasteiger partial charge >= 0.3 is 17.9 Å². The lowest BCUT2D eigenvalue weighted by molar-refractivity contribution is -0.141. The lowest BCUT2D eigenvalue weighted by atomic mass is 9.79. The predicted molar refractivity (Wildman–Crippen MR) is 143 cm³/mol. The Labute approximate surface area is 222 Å². The van der Waals surface area contributed by atoms with Gasteiger partial charge in [0.2, 0.25) is 0 Å². The summed E-state index contributed by atoms with van der Waals surface area (Å²) in [6, 6.07) is 7.17. The fraction of sp³-hybridized carbons (Fsp3) is 0.483. The van der Waals surface area contributed by atoms with Crippen LogP contribution in [0.4, 0.5) is 0 Å². The van der Waals surface area contributed by atoms with Gasteiger partial charge in [-0.1, -0.05) is 18.2 Å². The fourth-order valence-electron chi connectivity index (χ4n) is 6.02. The van der Waals surface area contributed by atoms with Crippen LogP contribution < -0.4 is 0 Å². The summed E-state index contributed by atoms with van der Waals surface area (Å²) in [6.07, 6.45) is 8.91. The van der Waals surface area contributed by atoms with Crippen molar-refractivity contribution in [3.8, 4) is 0 Å². The van der Waals surface area contributed by atoms with Gasteiger partial charge in [-0.2, -0.15) is 0 Å². The first-order valence-electron chi connectivity index (χ1n) is 13.1. The standard InChI is InChI=1S/C25H32N2O3.C4H4O4/c1-15(2)27-21-9-6-8-18-19-11-16(25(28)29)14-26(3)22(19)13-20(24(18)21)23(27)12-17-7-4-5-10-30-17;5-3(6)1-2-4(7)8/h6,8-9,11,15-17,22H,4-5,7,10,12-14H2,1-3H3,(H,28,29);1-2H,(H,5,6)(H,7,8)/b;2-1-/t16-,17?,22-;/m1./s1. The summed E-state index contributed by atoms with van der Waals surface area (Å²) in [6.45, 7) is 5.97. The first-order valence-corrected chi connectivity index (χ1v) is 13.1. The predicted octanol–water partition coefficient (Wildman–Crippen LogP) is 4.00. The SMILES string of the molecule is CC(C)n1c(CC2CCCCO2)c2c3c(cccc31)C1=C[C@@H](C(=O)O)CN(C)[C@@H]1C2.O=C(O)/C=C\C(=O)O. The maximum absolute atomic E-state index is 11.7. The van der Waals surface area contributed by atoms with Crippen LogP contribution in [-0.2, 0) is 32.0 Å². The zero-order valence-electron chi connectivity index (χ0n) is 22.1. The van der Waals surface area contributed by atoms with Gasteiger partial charge in [0.1, 0.15) is 0 Å². The van der Waals surface area contributed by atoms with Gasteiger partial charge in [0, 0.05) is 60.4 Å². The quantitative estimate of drug-likeness (QED) is 0.484.